The van der Waals surface area contributed by atoms with Crippen molar-refractivity contribution in [2.75, 3.05) is 0 Å². The molecule has 5 nitrogen and oxygen atoms in total. The predicted octanol–water partition coefficient (Wildman–Crippen LogP) is 0.919. The maximum atomic E-state index is 11.4. The van der Waals surface area contributed by atoms with Gasteiger partial charge in [-0.2, -0.15) is 0 Å². The third-order valence-electron chi connectivity index (χ3n) is 2.10. The fourth-order valence-corrected chi connectivity index (χ4v) is 1.44. The van der Waals surface area contributed by atoms with E-state index in [1.807, 2.05) is 0 Å². The molecule has 0 heterocycles. The molecule has 0 aromatic heterocycles. The number of ketones is 2. The van der Waals surface area contributed by atoms with Crippen LogP contribution < -0.4 is 0 Å². The third-order valence-corrected chi connectivity index (χ3v) is 2.10. The van der Waals surface area contributed by atoms with Gasteiger partial charge in [-0.05, 0) is 6.07 Å². The Morgan fingerprint density at radius 2 is 1.67 bits per heavy atom. The molecule has 0 fully saturated rings. The van der Waals surface area contributed by atoms with Gasteiger partial charge in [-0.15, -0.1) is 0 Å². The Bertz CT molecular complexity index is 513. The third kappa shape index (κ3) is 1.25. The second-order valence-electron chi connectivity index (χ2n) is 3.11. The number of carbonyl (C=O) groups is 2. The molecule has 0 spiro atoms. The molecule has 1 aromatic rings. The molecule has 0 unspecified atom stereocenters. The van der Waals surface area contributed by atoms with Crippen LogP contribution in [-0.4, -0.2) is 26.9 Å². The zero-order valence-electron chi connectivity index (χ0n) is 7.39. The van der Waals surface area contributed by atoms with Crippen molar-refractivity contribution in [2.45, 2.75) is 0 Å². The Balaban J connectivity index is 2.78. The number of phenolic OH excluding ortho intramolecular Hbond substituents is 2. The fraction of sp³-hybridized carbons (Fsp3) is 0. The first-order chi connectivity index (χ1) is 7.00. The molecule has 0 atom stereocenters. The molecular formula is C10H6O5. The summed E-state index contributed by atoms with van der Waals surface area (Å²) in [6, 6.07) is 2.00. The molecule has 3 N–H and O–H groups in total. The lowest BCUT2D eigenvalue weighted by atomic mass is 9.92. The molecule has 15 heavy (non-hydrogen) atoms. The van der Waals surface area contributed by atoms with Crippen LogP contribution in [0.5, 0.6) is 11.5 Å². The van der Waals surface area contributed by atoms with Gasteiger partial charge in [-0.3, -0.25) is 9.59 Å². The number of benzene rings is 1. The summed E-state index contributed by atoms with van der Waals surface area (Å²) < 4.78 is 0. The molecule has 0 saturated carbocycles. The molecule has 1 aliphatic rings. The van der Waals surface area contributed by atoms with Gasteiger partial charge < -0.3 is 15.3 Å². The molecule has 0 saturated heterocycles. The van der Waals surface area contributed by atoms with Crippen LogP contribution in [0.15, 0.2) is 24.0 Å². The van der Waals surface area contributed by atoms with Crippen LogP contribution >= 0.6 is 0 Å². The maximum Gasteiger partial charge on any atom is 0.231 e. The van der Waals surface area contributed by atoms with Crippen LogP contribution in [0.4, 0.5) is 0 Å². The van der Waals surface area contributed by atoms with Crippen molar-refractivity contribution in [2.24, 2.45) is 0 Å². The van der Waals surface area contributed by atoms with Gasteiger partial charge in [-0.25, -0.2) is 0 Å². The minimum atomic E-state index is -0.831. The summed E-state index contributed by atoms with van der Waals surface area (Å²) >= 11 is 0. The van der Waals surface area contributed by atoms with Gasteiger partial charge >= 0.3 is 0 Å². The monoisotopic (exact) mass is 206 g/mol. The number of carbonyl (C=O) groups excluding carboxylic acids is 2. The van der Waals surface area contributed by atoms with Crippen molar-refractivity contribution in [1.29, 1.82) is 0 Å². The first-order valence-electron chi connectivity index (χ1n) is 4.06. The molecular weight excluding hydrogens is 200 g/mol. The van der Waals surface area contributed by atoms with Crippen molar-refractivity contribution < 1.29 is 24.9 Å². The number of aliphatic hydroxyl groups excluding tert-OH is 1. The topological polar surface area (TPSA) is 94.8 Å². The average molecular weight is 206 g/mol. The molecule has 76 valence electrons. The summed E-state index contributed by atoms with van der Waals surface area (Å²) in [6.07, 6.45) is 0.754. The lowest BCUT2D eigenvalue weighted by Crippen LogP contribution is -2.16. The second kappa shape index (κ2) is 2.84. The standard InChI is InChI=1S/C10H6O5/c11-4-1-5-6(12)3-8(14)10(15)9(5)7(13)2-4/h1-3,11,13-14H. The number of phenols is 2. The van der Waals surface area contributed by atoms with Crippen LogP contribution in [0.25, 0.3) is 0 Å². The highest BCUT2D eigenvalue weighted by molar-refractivity contribution is 6.24. The van der Waals surface area contributed by atoms with Crippen LogP contribution in [0.3, 0.4) is 0 Å². The molecule has 5 heteroatoms. The largest absolute Gasteiger partial charge is 0.508 e. The lowest BCUT2D eigenvalue weighted by Gasteiger charge is -2.12. The van der Waals surface area contributed by atoms with Crippen LogP contribution in [-0.2, 0) is 0 Å². The Labute approximate surface area is 83.9 Å². The number of aliphatic hydroxyl groups is 1. The normalized spacial score (nSPS) is 14.8. The zero-order chi connectivity index (χ0) is 11.2. The first-order valence-corrected chi connectivity index (χ1v) is 4.06. The van der Waals surface area contributed by atoms with Crippen molar-refractivity contribution in [1.82, 2.24) is 0 Å². The van der Waals surface area contributed by atoms with Crippen LogP contribution in [0.1, 0.15) is 20.7 Å². The lowest BCUT2D eigenvalue weighted by molar-refractivity contribution is 0.0936. The molecule has 0 bridgehead atoms. The summed E-state index contributed by atoms with van der Waals surface area (Å²) in [6.45, 7) is 0. The van der Waals surface area contributed by atoms with E-state index in [4.69, 9.17) is 10.2 Å². The SMILES string of the molecule is O=C1C=C(O)C(=O)c2c(O)cc(O)cc21. The van der Waals surface area contributed by atoms with Gasteiger partial charge in [0.2, 0.25) is 5.78 Å². The van der Waals surface area contributed by atoms with Crippen LogP contribution in [0, 0.1) is 0 Å². The quantitative estimate of drug-likeness (QED) is 0.586. The molecule has 0 amide bonds. The van der Waals surface area contributed by atoms with E-state index in [2.05, 4.69) is 0 Å². The number of fused-ring (bicyclic) bond motifs is 1. The highest BCUT2D eigenvalue weighted by atomic mass is 16.3. The van der Waals surface area contributed by atoms with Gasteiger partial charge in [0.15, 0.2) is 11.5 Å². The summed E-state index contributed by atoms with van der Waals surface area (Å²) in [7, 11) is 0. The average Bonchev–Trinajstić information content (AvgIpc) is 2.13. The Morgan fingerprint density at radius 3 is 2.33 bits per heavy atom. The fourth-order valence-electron chi connectivity index (χ4n) is 1.44. The van der Waals surface area contributed by atoms with Crippen molar-refractivity contribution in [3.8, 4) is 11.5 Å². The molecule has 0 radical (unpaired) electrons. The highest BCUT2D eigenvalue weighted by Crippen LogP contribution is 2.31. The number of rotatable bonds is 0. The molecule has 1 aliphatic carbocycles. The first kappa shape index (κ1) is 9.26. The zero-order valence-corrected chi connectivity index (χ0v) is 7.39. The number of hydrogen-bond donors (Lipinski definition) is 3. The smallest absolute Gasteiger partial charge is 0.231 e. The molecule has 1 aromatic carbocycles. The molecule has 2 rings (SSSR count). The van der Waals surface area contributed by atoms with Crippen molar-refractivity contribution >= 4 is 11.6 Å². The minimum absolute atomic E-state index is 0.115. The van der Waals surface area contributed by atoms with Crippen molar-refractivity contribution in [3.63, 3.8) is 0 Å². The van der Waals surface area contributed by atoms with Crippen molar-refractivity contribution in [3.05, 3.63) is 35.1 Å². The van der Waals surface area contributed by atoms with Gasteiger partial charge in [0.05, 0.1) is 5.56 Å². The Morgan fingerprint density at radius 1 is 1.00 bits per heavy atom. The summed E-state index contributed by atoms with van der Waals surface area (Å²) in [4.78, 5) is 22.7. The summed E-state index contributed by atoms with van der Waals surface area (Å²) in [5.41, 5.74) is -0.395. The maximum absolute atomic E-state index is 11.4. The number of aromatic hydroxyl groups is 2. The van der Waals surface area contributed by atoms with Crippen LogP contribution in [0.2, 0.25) is 0 Å². The number of hydrogen-bond acceptors (Lipinski definition) is 5. The van der Waals surface area contributed by atoms with Gasteiger partial charge in [0.1, 0.15) is 11.5 Å². The summed E-state index contributed by atoms with van der Waals surface area (Å²) in [5.74, 6) is -3.02. The van der Waals surface area contributed by atoms with E-state index in [1.54, 1.807) is 0 Å². The highest BCUT2D eigenvalue weighted by Gasteiger charge is 2.28. The van der Waals surface area contributed by atoms with E-state index in [0.717, 1.165) is 18.2 Å². The Hall–Kier alpha value is -2.30. The molecule has 0 aliphatic heterocycles. The van der Waals surface area contributed by atoms with E-state index in [-0.39, 0.29) is 16.9 Å². The summed E-state index contributed by atoms with van der Waals surface area (Å²) in [5, 5.41) is 27.6. The number of Topliss-reactive ketones (excluding diaryl/α,β-unsaturated/α-hetero) is 1. The van der Waals surface area contributed by atoms with Gasteiger partial charge in [0, 0.05) is 17.7 Å². The van der Waals surface area contributed by atoms with E-state index in [9.17, 15) is 14.7 Å². The van der Waals surface area contributed by atoms with E-state index in [0.29, 0.717) is 0 Å². The van der Waals surface area contributed by atoms with E-state index in [1.165, 1.54) is 0 Å². The number of allylic oxidation sites excluding steroid dienone is 2. The van der Waals surface area contributed by atoms with E-state index >= 15 is 0 Å². The van der Waals surface area contributed by atoms with Gasteiger partial charge in [-0.1, -0.05) is 0 Å². The Kier molecular flexibility index (Phi) is 1.76. The van der Waals surface area contributed by atoms with E-state index < -0.39 is 23.1 Å². The second-order valence-corrected chi connectivity index (χ2v) is 3.11. The predicted molar refractivity (Wildman–Crippen MR) is 49.1 cm³/mol. The van der Waals surface area contributed by atoms with Gasteiger partial charge in [0.25, 0.3) is 0 Å². The minimum Gasteiger partial charge on any atom is -0.508 e.